The van der Waals surface area contributed by atoms with E-state index in [0.29, 0.717) is 17.5 Å². The fraction of sp³-hybridized carbons (Fsp3) is 0. The average Bonchev–Trinajstić information content (AvgIpc) is 3.72. The summed E-state index contributed by atoms with van der Waals surface area (Å²) in [5, 5.41) is 3.57. The van der Waals surface area contributed by atoms with Gasteiger partial charge < -0.3 is 0 Å². The monoisotopic (exact) mass is 770 g/mol. The molecule has 0 atom stereocenters. The number of rotatable bonds is 7. The largest absolute Gasteiger partial charge is 0.247 e. The number of nitrogens with zero attached hydrogens (tertiary/aromatic N) is 4. The van der Waals surface area contributed by atoms with E-state index in [4.69, 9.17) is 19.9 Å². The van der Waals surface area contributed by atoms with Gasteiger partial charge in [0.2, 0.25) is 0 Å². The van der Waals surface area contributed by atoms with Gasteiger partial charge in [-0.3, -0.25) is 0 Å². The number of benzene rings is 8. The third kappa shape index (κ3) is 6.54. The van der Waals surface area contributed by atoms with Gasteiger partial charge in [-0.25, -0.2) is 19.9 Å². The van der Waals surface area contributed by atoms with Crippen molar-refractivity contribution >= 4 is 42.4 Å². The lowest BCUT2D eigenvalue weighted by Crippen LogP contribution is -2.00. The maximum Gasteiger partial charge on any atom is 0.164 e. The van der Waals surface area contributed by atoms with Crippen molar-refractivity contribution in [3.8, 4) is 78.8 Å². The molecule has 0 radical (unpaired) electrons. The minimum absolute atomic E-state index is 0.612. The molecule has 0 amide bonds. The van der Waals surface area contributed by atoms with Crippen molar-refractivity contribution in [2.45, 2.75) is 0 Å². The molecule has 0 saturated carbocycles. The van der Waals surface area contributed by atoms with Gasteiger partial charge in [0.1, 0.15) is 0 Å². The van der Waals surface area contributed by atoms with E-state index < -0.39 is 0 Å². The molecule has 11 rings (SSSR count). The molecule has 0 bridgehead atoms. The fourth-order valence-corrected chi connectivity index (χ4v) is 9.14. The van der Waals surface area contributed by atoms with Crippen LogP contribution in [0.3, 0.4) is 0 Å². The highest BCUT2D eigenvalue weighted by atomic mass is 32.1. The van der Waals surface area contributed by atoms with E-state index in [1.165, 1.54) is 42.2 Å². The van der Waals surface area contributed by atoms with Gasteiger partial charge >= 0.3 is 0 Å². The second kappa shape index (κ2) is 14.7. The van der Waals surface area contributed by atoms with Crippen LogP contribution < -0.4 is 0 Å². The summed E-state index contributed by atoms with van der Waals surface area (Å²) in [6.45, 7) is 0. The van der Waals surface area contributed by atoms with Crippen molar-refractivity contribution in [2.75, 3.05) is 0 Å². The minimum atomic E-state index is 0.612. The van der Waals surface area contributed by atoms with Crippen molar-refractivity contribution in [3.05, 3.63) is 206 Å². The van der Waals surface area contributed by atoms with Crippen LogP contribution in [-0.2, 0) is 0 Å². The molecule has 59 heavy (non-hydrogen) atoms. The first kappa shape index (κ1) is 34.6. The highest BCUT2D eigenvalue weighted by Crippen LogP contribution is 2.43. The Bertz CT molecular complexity index is 3170. The van der Waals surface area contributed by atoms with Crippen LogP contribution in [0.25, 0.3) is 110 Å². The molecule has 276 valence electrons. The van der Waals surface area contributed by atoms with Crippen LogP contribution in [0.4, 0.5) is 0 Å². The van der Waals surface area contributed by atoms with Crippen LogP contribution in [0.1, 0.15) is 0 Å². The van der Waals surface area contributed by atoms with E-state index >= 15 is 0 Å². The first-order valence-electron chi connectivity index (χ1n) is 19.7. The van der Waals surface area contributed by atoms with Crippen molar-refractivity contribution < 1.29 is 0 Å². The van der Waals surface area contributed by atoms with Gasteiger partial charge in [-0.1, -0.05) is 194 Å². The quantitative estimate of drug-likeness (QED) is 0.162. The number of fused-ring (bicyclic) bond motifs is 5. The standard InChI is InChI=1S/C54H34N4S/c1-4-12-35(13-5-1)38-20-26-41(27-21-38)52-56-53(42-28-22-39(23-29-42)36-14-6-2-7-15-36)58-54(57-52)43-30-24-40(25-31-43)50-49-46-18-10-11-19-48(46)59-51(49)45-33-32-44(34-47(45)55-50)37-16-8-3-9-17-37/h1-34H. The molecule has 11 aromatic rings. The third-order valence-electron chi connectivity index (χ3n) is 11.0. The van der Waals surface area contributed by atoms with E-state index in [0.717, 1.165) is 50.2 Å². The molecule has 8 aromatic carbocycles. The van der Waals surface area contributed by atoms with Gasteiger partial charge in [-0.2, -0.15) is 0 Å². The summed E-state index contributed by atoms with van der Waals surface area (Å²) >= 11 is 1.83. The molecule has 0 aliphatic carbocycles. The molecule has 5 heteroatoms. The zero-order chi connectivity index (χ0) is 39.1. The molecule has 0 spiro atoms. The fourth-order valence-electron chi connectivity index (χ4n) is 7.91. The third-order valence-corrected chi connectivity index (χ3v) is 12.2. The molecule has 4 nitrogen and oxygen atoms in total. The summed E-state index contributed by atoms with van der Waals surface area (Å²) in [6, 6.07) is 72.1. The van der Waals surface area contributed by atoms with E-state index in [1.807, 2.05) is 23.5 Å². The van der Waals surface area contributed by atoms with Crippen LogP contribution in [0.15, 0.2) is 206 Å². The van der Waals surface area contributed by atoms with E-state index in [9.17, 15) is 0 Å². The highest BCUT2D eigenvalue weighted by molar-refractivity contribution is 7.26. The van der Waals surface area contributed by atoms with Crippen LogP contribution >= 0.6 is 11.3 Å². The van der Waals surface area contributed by atoms with Gasteiger partial charge in [0.25, 0.3) is 0 Å². The molecule has 3 heterocycles. The Balaban J connectivity index is 1.02. The van der Waals surface area contributed by atoms with Gasteiger partial charge in [0, 0.05) is 47.8 Å². The Kier molecular flexibility index (Phi) is 8.64. The lowest BCUT2D eigenvalue weighted by molar-refractivity contribution is 1.07. The predicted molar refractivity (Wildman–Crippen MR) is 246 cm³/mol. The summed E-state index contributed by atoms with van der Waals surface area (Å²) in [5.74, 6) is 1.86. The highest BCUT2D eigenvalue weighted by Gasteiger charge is 2.18. The minimum Gasteiger partial charge on any atom is -0.247 e. The maximum atomic E-state index is 5.42. The van der Waals surface area contributed by atoms with E-state index in [-0.39, 0.29) is 0 Å². The Hall–Kier alpha value is -7.60. The van der Waals surface area contributed by atoms with E-state index in [2.05, 4.69) is 194 Å². The normalized spacial score (nSPS) is 11.4. The SMILES string of the molecule is c1ccc(-c2ccc(-c3nc(-c4ccc(-c5ccccc5)cc4)nc(-c4ccc(-c5nc6cc(-c7ccccc7)ccc6c6sc7ccccc7c56)cc4)n3)cc2)cc1. The molecule has 0 fully saturated rings. The number of aromatic nitrogens is 4. The maximum absolute atomic E-state index is 5.42. The second-order valence-electron chi connectivity index (χ2n) is 14.6. The first-order chi connectivity index (χ1) is 29.2. The second-order valence-corrected chi connectivity index (χ2v) is 15.7. The molecular formula is C54H34N4S. The van der Waals surface area contributed by atoms with Gasteiger partial charge in [-0.15, -0.1) is 11.3 Å². The van der Waals surface area contributed by atoms with Crippen molar-refractivity contribution in [1.82, 2.24) is 19.9 Å². The lowest BCUT2D eigenvalue weighted by atomic mass is 9.99. The smallest absolute Gasteiger partial charge is 0.164 e. The first-order valence-corrected chi connectivity index (χ1v) is 20.5. The topological polar surface area (TPSA) is 51.6 Å². The van der Waals surface area contributed by atoms with Crippen LogP contribution in [0, 0.1) is 0 Å². The zero-order valence-corrected chi connectivity index (χ0v) is 32.6. The molecule has 0 aliphatic rings. The summed E-state index contributed by atoms with van der Waals surface area (Å²) in [6.07, 6.45) is 0. The molecule has 0 saturated heterocycles. The van der Waals surface area contributed by atoms with Crippen molar-refractivity contribution in [1.29, 1.82) is 0 Å². The number of hydrogen-bond acceptors (Lipinski definition) is 5. The molecule has 0 aliphatic heterocycles. The Labute approximate surface area is 345 Å². The Morgan fingerprint density at radius 3 is 1.19 bits per heavy atom. The predicted octanol–water partition coefficient (Wildman–Crippen LogP) is 14.5. The molecule has 3 aromatic heterocycles. The van der Waals surface area contributed by atoms with Gasteiger partial charge in [0.15, 0.2) is 17.5 Å². The van der Waals surface area contributed by atoms with Crippen LogP contribution in [-0.4, -0.2) is 19.9 Å². The molecular weight excluding hydrogens is 737 g/mol. The van der Waals surface area contributed by atoms with Crippen LogP contribution in [0.5, 0.6) is 0 Å². The Morgan fingerprint density at radius 1 is 0.288 bits per heavy atom. The van der Waals surface area contributed by atoms with E-state index in [1.54, 1.807) is 0 Å². The summed E-state index contributed by atoms with van der Waals surface area (Å²) in [4.78, 5) is 20.7. The van der Waals surface area contributed by atoms with Crippen molar-refractivity contribution in [2.24, 2.45) is 0 Å². The number of pyridine rings is 1. The van der Waals surface area contributed by atoms with Gasteiger partial charge in [0.05, 0.1) is 11.2 Å². The summed E-state index contributed by atoms with van der Waals surface area (Å²) in [7, 11) is 0. The van der Waals surface area contributed by atoms with Crippen molar-refractivity contribution in [3.63, 3.8) is 0 Å². The van der Waals surface area contributed by atoms with Crippen LogP contribution in [0.2, 0.25) is 0 Å². The average molecular weight is 771 g/mol. The summed E-state index contributed by atoms with van der Waals surface area (Å²) in [5.41, 5.74) is 12.7. The zero-order valence-electron chi connectivity index (χ0n) is 31.8. The lowest BCUT2D eigenvalue weighted by Gasteiger charge is -2.11. The van der Waals surface area contributed by atoms with Gasteiger partial charge in [-0.05, 0) is 45.5 Å². The summed E-state index contributed by atoms with van der Waals surface area (Å²) < 4.78 is 2.50. The number of hydrogen-bond donors (Lipinski definition) is 0. The molecule has 0 N–H and O–H groups in total. The Morgan fingerprint density at radius 2 is 0.678 bits per heavy atom. The molecule has 0 unspecified atom stereocenters. The number of thiophene rings is 1.